The monoisotopic (exact) mass is 280 g/mol. The molecule has 19 heavy (non-hydrogen) atoms. The summed E-state index contributed by atoms with van der Waals surface area (Å²) in [5, 5.41) is 3.62. The third-order valence-corrected chi connectivity index (χ3v) is 5.33. The zero-order valence-corrected chi connectivity index (χ0v) is 11.7. The van der Waals surface area contributed by atoms with E-state index in [-0.39, 0.29) is 23.5 Å². The lowest BCUT2D eigenvalue weighted by Gasteiger charge is -2.20. The molecule has 1 aliphatic heterocycles. The first-order chi connectivity index (χ1) is 8.95. The van der Waals surface area contributed by atoms with Crippen LogP contribution in [-0.4, -0.2) is 31.4 Å². The molecule has 0 amide bonds. The van der Waals surface area contributed by atoms with E-state index in [0.29, 0.717) is 6.42 Å². The van der Waals surface area contributed by atoms with Gasteiger partial charge in [0.05, 0.1) is 10.9 Å². The lowest BCUT2D eigenvalue weighted by Crippen LogP contribution is -2.34. The standard InChI is InChI=1S/C12H16N4O2S/c1-9-3-5-12(6-4-9)19(17,18)16-8-11(14-15-13)7-10(16)2/h3-6,10-11H,7-8H2,1-2H3/t10-,11+/m1/s1. The van der Waals surface area contributed by atoms with Crippen molar-refractivity contribution in [1.82, 2.24) is 4.31 Å². The van der Waals surface area contributed by atoms with Crippen molar-refractivity contribution in [1.29, 1.82) is 0 Å². The van der Waals surface area contributed by atoms with E-state index < -0.39 is 10.0 Å². The fraction of sp³-hybridized carbons (Fsp3) is 0.500. The van der Waals surface area contributed by atoms with Gasteiger partial charge in [-0.1, -0.05) is 22.8 Å². The van der Waals surface area contributed by atoms with Crippen LogP contribution in [-0.2, 0) is 10.0 Å². The summed E-state index contributed by atoms with van der Waals surface area (Å²) in [6, 6.07) is 6.34. The Morgan fingerprint density at radius 1 is 1.37 bits per heavy atom. The number of rotatable bonds is 3. The topological polar surface area (TPSA) is 86.1 Å². The third-order valence-electron chi connectivity index (χ3n) is 3.34. The van der Waals surface area contributed by atoms with Crippen LogP contribution in [0.25, 0.3) is 10.4 Å². The van der Waals surface area contributed by atoms with Crippen LogP contribution in [0.5, 0.6) is 0 Å². The first kappa shape index (κ1) is 13.9. The molecule has 2 rings (SSSR count). The van der Waals surface area contributed by atoms with Gasteiger partial charge in [-0.2, -0.15) is 4.31 Å². The lowest BCUT2D eigenvalue weighted by molar-refractivity contribution is 0.407. The van der Waals surface area contributed by atoms with Gasteiger partial charge in [-0.3, -0.25) is 0 Å². The fourth-order valence-electron chi connectivity index (χ4n) is 2.31. The fourth-order valence-corrected chi connectivity index (χ4v) is 3.99. The molecule has 0 aliphatic carbocycles. The summed E-state index contributed by atoms with van der Waals surface area (Å²) >= 11 is 0. The van der Waals surface area contributed by atoms with E-state index in [1.54, 1.807) is 24.3 Å². The minimum Gasteiger partial charge on any atom is -0.207 e. The molecular weight excluding hydrogens is 264 g/mol. The summed E-state index contributed by atoms with van der Waals surface area (Å²) in [5.74, 6) is 0. The second kappa shape index (κ2) is 5.21. The van der Waals surface area contributed by atoms with Gasteiger partial charge in [0.25, 0.3) is 0 Å². The first-order valence-electron chi connectivity index (χ1n) is 6.08. The van der Waals surface area contributed by atoms with Gasteiger partial charge < -0.3 is 0 Å². The van der Waals surface area contributed by atoms with Gasteiger partial charge in [0.2, 0.25) is 10.0 Å². The number of nitrogens with zero attached hydrogens (tertiary/aromatic N) is 4. The predicted molar refractivity (Wildman–Crippen MR) is 72.1 cm³/mol. The molecule has 0 unspecified atom stereocenters. The number of hydrogen-bond acceptors (Lipinski definition) is 3. The summed E-state index contributed by atoms with van der Waals surface area (Å²) in [6.45, 7) is 3.99. The van der Waals surface area contributed by atoms with Crippen molar-refractivity contribution < 1.29 is 8.42 Å². The van der Waals surface area contributed by atoms with Crippen LogP contribution in [0, 0.1) is 6.92 Å². The molecule has 7 heteroatoms. The van der Waals surface area contributed by atoms with Crippen LogP contribution >= 0.6 is 0 Å². The molecule has 0 saturated carbocycles. The van der Waals surface area contributed by atoms with Crippen molar-refractivity contribution >= 4 is 10.0 Å². The highest BCUT2D eigenvalue weighted by Crippen LogP contribution is 2.27. The molecule has 0 aromatic heterocycles. The van der Waals surface area contributed by atoms with Gasteiger partial charge in [0.15, 0.2) is 0 Å². The van der Waals surface area contributed by atoms with E-state index in [2.05, 4.69) is 10.0 Å². The number of azide groups is 1. The molecule has 6 nitrogen and oxygen atoms in total. The lowest BCUT2D eigenvalue weighted by atomic mass is 10.2. The second-order valence-electron chi connectivity index (χ2n) is 4.83. The SMILES string of the molecule is Cc1ccc(S(=O)(=O)N2C[C@@H](N=[N+]=[N-])C[C@H]2C)cc1. The molecule has 2 atom stereocenters. The van der Waals surface area contributed by atoms with Gasteiger partial charge >= 0.3 is 0 Å². The maximum absolute atomic E-state index is 12.5. The van der Waals surface area contributed by atoms with Crippen LogP contribution in [0.2, 0.25) is 0 Å². The maximum atomic E-state index is 12.5. The first-order valence-corrected chi connectivity index (χ1v) is 7.52. The number of benzene rings is 1. The van der Waals surface area contributed by atoms with Crippen molar-refractivity contribution in [2.24, 2.45) is 5.11 Å². The molecule has 0 bridgehead atoms. The summed E-state index contributed by atoms with van der Waals surface area (Å²) in [5.41, 5.74) is 9.45. The van der Waals surface area contributed by atoms with Gasteiger partial charge in [-0.15, -0.1) is 0 Å². The Bertz CT molecular complexity index is 605. The molecule has 1 aliphatic rings. The highest BCUT2D eigenvalue weighted by molar-refractivity contribution is 7.89. The van der Waals surface area contributed by atoms with E-state index in [0.717, 1.165) is 5.56 Å². The van der Waals surface area contributed by atoms with E-state index in [4.69, 9.17) is 5.53 Å². The molecule has 1 heterocycles. The van der Waals surface area contributed by atoms with Gasteiger partial charge in [0.1, 0.15) is 0 Å². The van der Waals surface area contributed by atoms with Crippen LogP contribution in [0.1, 0.15) is 18.9 Å². The van der Waals surface area contributed by atoms with Crippen molar-refractivity contribution in [2.45, 2.75) is 37.2 Å². The highest BCUT2D eigenvalue weighted by atomic mass is 32.2. The highest BCUT2D eigenvalue weighted by Gasteiger charge is 2.37. The summed E-state index contributed by atoms with van der Waals surface area (Å²) in [4.78, 5) is 3.04. The van der Waals surface area contributed by atoms with Crippen molar-refractivity contribution in [3.63, 3.8) is 0 Å². The predicted octanol–water partition coefficient (Wildman–Crippen LogP) is 2.46. The largest absolute Gasteiger partial charge is 0.243 e. The average Bonchev–Trinajstić information content (AvgIpc) is 2.72. The normalized spacial score (nSPS) is 24.1. The Balaban J connectivity index is 2.30. The second-order valence-corrected chi connectivity index (χ2v) is 6.72. The Morgan fingerprint density at radius 3 is 2.58 bits per heavy atom. The van der Waals surface area contributed by atoms with Gasteiger partial charge in [-0.05, 0) is 37.9 Å². The molecular formula is C12H16N4O2S. The summed E-state index contributed by atoms with van der Waals surface area (Å²) < 4.78 is 26.4. The Hall–Kier alpha value is -1.56. The smallest absolute Gasteiger partial charge is 0.207 e. The molecule has 1 aromatic rings. The van der Waals surface area contributed by atoms with Crippen molar-refractivity contribution in [2.75, 3.05) is 6.54 Å². The maximum Gasteiger partial charge on any atom is 0.243 e. The van der Waals surface area contributed by atoms with Gasteiger partial charge in [-0.25, -0.2) is 8.42 Å². The van der Waals surface area contributed by atoms with E-state index in [9.17, 15) is 8.42 Å². The van der Waals surface area contributed by atoms with Crippen molar-refractivity contribution in [3.05, 3.63) is 40.3 Å². The third kappa shape index (κ3) is 2.73. The minimum absolute atomic E-state index is 0.151. The molecule has 1 fully saturated rings. The molecule has 0 N–H and O–H groups in total. The van der Waals surface area contributed by atoms with Gasteiger partial charge in [0, 0.05) is 17.5 Å². The number of sulfonamides is 1. The zero-order valence-electron chi connectivity index (χ0n) is 10.9. The molecule has 1 aromatic carbocycles. The zero-order chi connectivity index (χ0) is 14.0. The van der Waals surface area contributed by atoms with Crippen LogP contribution in [0.3, 0.4) is 0 Å². The van der Waals surface area contributed by atoms with E-state index in [1.807, 2.05) is 13.8 Å². The molecule has 0 spiro atoms. The Kier molecular flexibility index (Phi) is 3.80. The minimum atomic E-state index is -3.51. The molecule has 102 valence electrons. The average molecular weight is 280 g/mol. The summed E-state index contributed by atoms with van der Waals surface area (Å²) in [6.07, 6.45) is 0.565. The Morgan fingerprint density at radius 2 is 2.00 bits per heavy atom. The van der Waals surface area contributed by atoms with Crippen LogP contribution in [0.15, 0.2) is 34.3 Å². The van der Waals surface area contributed by atoms with Crippen LogP contribution < -0.4 is 0 Å². The van der Waals surface area contributed by atoms with E-state index in [1.165, 1.54) is 4.31 Å². The quantitative estimate of drug-likeness (QED) is 0.484. The van der Waals surface area contributed by atoms with Crippen LogP contribution in [0.4, 0.5) is 0 Å². The molecule has 1 saturated heterocycles. The Labute approximate surface area is 112 Å². The summed E-state index contributed by atoms with van der Waals surface area (Å²) in [7, 11) is -3.51. The number of hydrogen-bond donors (Lipinski definition) is 0. The number of aryl methyl sites for hydroxylation is 1. The van der Waals surface area contributed by atoms with E-state index >= 15 is 0 Å². The van der Waals surface area contributed by atoms with Crippen molar-refractivity contribution in [3.8, 4) is 0 Å². The molecule has 0 radical (unpaired) electrons.